The summed E-state index contributed by atoms with van der Waals surface area (Å²) < 4.78 is 0. The van der Waals surface area contributed by atoms with E-state index in [1.54, 1.807) is 30.3 Å². The van der Waals surface area contributed by atoms with Crippen LogP contribution in [-0.4, -0.2) is 62.0 Å². The van der Waals surface area contributed by atoms with Crippen molar-refractivity contribution < 1.29 is 30.3 Å². The lowest BCUT2D eigenvalue weighted by atomic mass is 9.84. The highest BCUT2D eigenvalue weighted by Gasteiger charge is 2.47. The molecule has 1 amide bonds. The number of hydrogen-bond acceptors (Lipinski definition) is 6. The van der Waals surface area contributed by atoms with Gasteiger partial charge in [0.25, 0.3) is 5.91 Å². The van der Waals surface area contributed by atoms with Crippen molar-refractivity contribution in [3.63, 3.8) is 0 Å². The molecule has 0 aliphatic carbocycles. The largest absolute Gasteiger partial charge is 0.394 e. The standard InChI is InChI=1S/C13H19NO6/c14-12(19)13(20,6-8-4-2-1-3-5-8)11(18)10(17)9(16)7-15/h1-5,9-11,15-18,20H,6-7H2,(H2,14,19)/t9-,10-,11+,13-/m1/s1. The molecule has 0 radical (unpaired) electrons. The molecule has 1 aromatic rings. The third kappa shape index (κ3) is 3.53. The first kappa shape index (κ1) is 16.5. The van der Waals surface area contributed by atoms with E-state index in [9.17, 15) is 25.2 Å². The van der Waals surface area contributed by atoms with Gasteiger partial charge in [-0.2, -0.15) is 0 Å². The maximum Gasteiger partial charge on any atom is 0.252 e. The summed E-state index contributed by atoms with van der Waals surface area (Å²) >= 11 is 0. The molecule has 4 atom stereocenters. The zero-order chi connectivity index (χ0) is 15.3. The first-order valence-corrected chi connectivity index (χ1v) is 6.04. The first-order valence-electron chi connectivity index (χ1n) is 6.04. The van der Waals surface area contributed by atoms with Gasteiger partial charge in [0.05, 0.1) is 6.61 Å². The van der Waals surface area contributed by atoms with Crippen molar-refractivity contribution >= 4 is 5.91 Å². The SMILES string of the molecule is NC(=O)[C@@](O)(Cc1ccccc1)[C@@H](O)[C@H](O)[C@H](O)CO. The fourth-order valence-corrected chi connectivity index (χ4v) is 1.85. The Morgan fingerprint density at radius 1 is 1.20 bits per heavy atom. The van der Waals surface area contributed by atoms with Crippen LogP contribution in [0.1, 0.15) is 5.56 Å². The predicted octanol–water partition coefficient (Wildman–Crippen LogP) is -2.48. The Kier molecular flexibility index (Phi) is 5.61. The van der Waals surface area contributed by atoms with Gasteiger partial charge in [-0.1, -0.05) is 30.3 Å². The normalized spacial score (nSPS) is 18.9. The van der Waals surface area contributed by atoms with Crippen molar-refractivity contribution in [2.75, 3.05) is 6.61 Å². The van der Waals surface area contributed by atoms with Gasteiger partial charge in [-0.15, -0.1) is 0 Å². The topological polar surface area (TPSA) is 144 Å². The Morgan fingerprint density at radius 2 is 1.75 bits per heavy atom. The number of primary amides is 1. The van der Waals surface area contributed by atoms with E-state index in [1.807, 2.05) is 0 Å². The van der Waals surface area contributed by atoms with Gasteiger partial charge >= 0.3 is 0 Å². The van der Waals surface area contributed by atoms with Gasteiger partial charge in [0.1, 0.15) is 18.3 Å². The van der Waals surface area contributed by atoms with E-state index in [4.69, 9.17) is 10.8 Å². The summed E-state index contributed by atoms with van der Waals surface area (Å²) in [6.45, 7) is -0.835. The number of nitrogens with two attached hydrogens (primary N) is 1. The van der Waals surface area contributed by atoms with Crippen molar-refractivity contribution in [1.29, 1.82) is 0 Å². The number of carbonyl (C=O) groups excluding carboxylic acids is 1. The molecule has 0 aromatic heterocycles. The number of benzene rings is 1. The molecule has 1 aromatic carbocycles. The molecule has 112 valence electrons. The van der Waals surface area contributed by atoms with Crippen LogP contribution in [0.3, 0.4) is 0 Å². The van der Waals surface area contributed by atoms with Crippen LogP contribution < -0.4 is 5.73 Å². The van der Waals surface area contributed by atoms with Crippen molar-refractivity contribution in [2.45, 2.75) is 30.3 Å². The second-order valence-corrected chi connectivity index (χ2v) is 4.64. The van der Waals surface area contributed by atoms with Crippen LogP contribution in [0.15, 0.2) is 30.3 Å². The third-order valence-corrected chi connectivity index (χ3v) is 3.14. The summed E-state index contributed by atoms with van der Waals surface area (Å²) in [5.41, 5.74) is 3.15. The van der Waals surface area contributed by atoms with Crippen LogP contribution in [0.2, 0.25) is 0 Å². The van der Waals surface area contributed by atoms with Gasteiger partial charge in [0, 0.05) is 6.42 Å². The van der Waals surface area contributed by atoms with Gasteiger partial charge in [-0.05, 0) is 5.56 Å². The molecular formula is C13H19NO6. The molecule has 1 rings (SSSR count). The Bertz CT molecular complexity index is 440. The Morgan fingerprint density at radius 3 is 2.20 bits per heavy atom. The number of amides is 1. The van der Waals surface area contributed by atoms with Crippen molar-refractivity contribution in [2.24, 2.45) is 5.73 Å². The monoisotopic (exact) mass is 285 g/mol. The molecule has 0 heterocycles. The minimum absolute atomic E-state index is 0.334. The molecule has 7 nitrogen and oxygen atoms in total. The molecule has 0 aliphatic heterocycles. The van der Waals surface area contributed by atoms with Crippen LogP contribution in [-0.2, 0) is 11.2 Å². The molecule has 0 spiro atoms. The molecule has 0 fully saturated rings. The summed E-state index contributed by atoms with van der Waals surface area (Å²) in [4.78, 5) is 11.4. The van der Waals surface area contributed by atoms with Gasteiger partial charge in [-0.25, -0.2) is 0 Å². The van der Waals surface area contributed by atoms with Crippen molar-refractivity contribution in [1.82, 2.24) is 0 Å². The summed E-state index contributed by atoms with van der Waals surface area (Å²) in [5.74, 6) is -1.24. The molecule has 7 heteroatoms. The zero-order valence-corrected chi connectivity index (χ0v) is 10.8. The average molecular weight is 285 g/mol. The lowest BCUT2D eigenvalue weighted by molar-refractivity contribution is -0.173. The van der Waals surface area contributed by atoms with E-state index in [0.29, 0.717) is 5.56 Å². The quantitative estimate of drug-likeness (QED) is 0.327. The Labute approximate surface area is 115 Å². The average Bonchev–Trinajstić information content (AvgIpc) is 2.45. The fourth-order valence-electron chi connectivity index (χ4n) is 1.85. The molecule has 0 unspecified atom stereocenters. The van der Waals surface area contributed by atoms with E-state index in [0.717, 1.165) is 0 Å². The zero-order valence-electron chi connectivity index (χ0n) is 10.8. The summed E-state index contributed by atoms with van der Waals surface area (Å²) in [6, 6.07) is 8.28. The lowest BCUT2D eigenvalue weighted by Crippen LogP contribution is -2.61. The van der Waals surface area contributed by atoms with Crippen LogP contribution in [0.25, 0.3) is 0 Å². The van der Waals surface area contributed by atoms with Crippen LogP contribution in [0.5, 0.6) is 0 Å². The van der Waals surface area contributed by atoms with Crippen LogP contribution >= 0.6 is 0 Å². The molecule has 0 saturated carbocycles. The molecule has 20 heavy (non-hydrogen) atoms. The second-order valence-electron chi connectivity index (χ2n) is 4.64. The Balaban J connectivity index is 3.00. The highest BCUT2D eigenvalue weighted by atomic mass is 16.4. The number of aliphatic hydroxyl groups is 5. The van der Waals surface area contributed by atoms with Gasteiger partial charge in [-0.3, -0.25) is 4.79 Å². The molecule has 0 bridgehead atoms. The molecular weight excluding hydrogens is 266 g/mol. The summed E-state index contributed by atoms with van der Waals surface area (Å²) in [6.07, 6.45) is -5.99. The molecule has 0 aliphatic rings. The van der Waals surface area contributed by atoms with Gasteiger partial charge in [0.15, 0.2) is 5.60 Å². The number of aliphatic hydroxyl groups excluding tert-OH is 4. The smallest absolute Gasteiger partial charge is 0.252 e. The summed E-state index contributed by atoms with van der Waals surface area (Å²) in [5, 5.41) is 47.8. The van der Waals surface area contributed by atoms with E-state index in [1.165, 1.54) is 0 Å². The van der Waals surface area contributed by atoms with Crippen molar-refractivity contribution in [3.8, 4) is 0 Å². The van der Waals surface area contributed by atoms with Crippen molar-refractivity contribution in [3.05, 3.63) is 35.9 Å². The third-order valence-electron chi connectivity index (χ3n) is 3.14. The van der Waals surface area contributed by atoms with Crippen LogP contribution in [0.4, 0.5) is 0 Å². The van der Waals surface area contributed by atoms with Gasteiger partial charge in [0.2, 0.25) is 0 Å². The maximum atomic E-state index is 11.4. The predicted molar refractivity (Wildman–Crippen MR) is 69.4 cm³/mol. The van der Waals surface area contributed by atoms with E-state index in [2.05, 4.69) is 0 Å². The van der Waals surface area contributed by atoms with Crippen LogP contribution in [0, 0.1) is 0 Å². The van der Waals surface area contributed by atoms with E-state index in [-0.39, 0.29) is 6.42 Å². The van der Waals surface area contributed by atoms with E-state index < -0.39 is 36.4 Å². The highest BCUT2D eigenvalue weighted by Crippen LogP contribution is 2.21. The number of rotatable bonds is 7. The summed E-state index contributed by atoms with van der Waals surface area (Å²) in [7, 11) is 0. The Hall–Kier alpha value is -1.51. The maximum absolute atomic E-state index is 11.4. The second kappa shape index (κ2) is 6.78. The highest BCUT2D eigenvalue weighted by molar-refractivity contribution is 5.84. The van der Waals surface area contributed by atoms with E-state index >= 15 is 0 Å². The molecule has 7 N–H and O–H groups in total. The first-order chi connectivity index (χ1) is 9.32. The fraction of sp³-hybridized carbons (Fsp3) is 0.462. The minimum atomic E-state index is -2.46. The minimum Gasteiger partial charge on any atom is -0.394 e. The molecule has 0 saturated heterocycles. The lowest BCUT2D eigenvalue weighted by Gasteiger charge is -2.34. The number of hydrogen-bond donors (Lipinski definition) is 6. The number of carbonyl (C=O) groups is 1. The van der Waals surface area contributed by atoms with Gasteiger partial charge < -0.3 is 31.3 Å².